The first-order valence-electron chi connectivity index (χ1n) is 13.8. The number of nitrogens with two attached hydrogens (primary N) is 1. The van der Waals surface area contributed by atoms with Gasteiger partial charge in [0.25, 0.3) is 0 Å². The average Bonchev–Trinajstić information content (AvgIpc) is 3.46. The van der Waals surface area contributed by atoms with Crippen LogP contribution in [-0.2, 0) is 11.2 Å². The van der Waals surface area contributed by atoms with Crippen molar-refractivity contribution in [2.75, 3.05) is 11.9 Å². The Labute approximate surface area is 228 Å². The number of benzene rings is 1. The number of nitrogens with zero attached hydrogens (tertiary/aromatic N) is 4. The number of pyridine rings is 1. The molecular weight excluding hydrogens is 496 g/mol. The number of carbonyl (C=O) groups excluding carboxylic acids is 1. The molecule has 3 aliphatic rings. The van der Waals surface area contributed by atoms with E-state index in [1.807, 2.05) is 36.2 Å². The number of amidine groups is 1. The molecule has 5 rings (SSSR count). The van der Waals surface area contributed by atoms with Gasteiger partial charge in [0.2, 0.25) is 0 Å². The Morgan fingerprint density at radius 2 is 2.08 bits per heavy atom. The van der Waals surface area contributed by atoms with Gasteiger partial charge in [-0.1, -0.05) is 44.9 Å². The van der Waals surface area contributed by atoms with E-state index in [1.165, 1.54) is 6.34 Å². The molecule has 208 valence electrons. The number of hydrogen-bond donors (Lipinski definition) is 4. The fourth-order valence-corrected chi connectivity index (χ4v) is 6.06. The third kappa shape index (κ3) is 5.62. The van der Waals surface area contributed by atoms with Gasteiger partial charge >= 0.3 is 6.09 Å². The fourth-order valence-electron chi connectivity index (χ4n) is 6.06. The second kappa shape index (κ2) is 11.3. The molecule has 0 radical (unpaired) electrons. The number of rotatable bonds is 9. The van der Waals surface area contributed by atoms with Gasteiger partial charge in [-0.3, -0.25) is 10.3 Å². The Bertz CT molecular complexity index is 1310. The maximum absolute atomic E-state index is 12.1. The predicted octanol–water partition coefficient (Wildman–Crippen LogP) is 3.93. The SMILES string of the molecule is CCCCCOC(=O)Nc1ccc2ccc(CC[C@@]3(C)C[C@@H](C4CC=C5C(N)=NC=NN54)[C@H](O)[C@@H]3O)cc2n1. The molecule has 1 saturated carbocycles. The molecule has 1 aliphatic carbocycles. The zero-order valence-corrected chi connectivity index (χ0v) is 22.6. The van der Waals surface area contributed by atoms with E-state index >= 15 is 0 Å². The number of nitrogens with one attached hydrogen (secondary N) is 1. The Morgan fingerprint density at radius 1 is 1.26 bits per heavy atom. The van der Waals surface area contributed by atoms with Crippen LogP contribution in [0.1, 0.15) is 57.9 Å². The second-order valence-corrected chi connectivity index (χ2v) is 11.1. The fraction of sp³-hybridized carbons (Fsp3) is 0.517. The Balaban J connectivity index is 1.22. The summed E-state index contributed by atoms with van der Waals surface area (Å²) in [6.07, 6.45) is 6.98. The number of aromatic nitrogens is 1. The lowest BCUT2D eigenvalue weighted by atomic mass is 9.79. The molecule has 1 fully saturated rings. The van der Waals surface area contributed by atoms with Gasteiger partial charge in [0.15, 0.2) is 5.84 Å². The van der Waals surface area contributed by atoms with Crippen molar-refractivity contribution in [1.29, 1.82) is 0 Å². The molecule has 5 N–H and O–H groups in total. The molecular formula is C29H38N6O4. The molecule has 0 spiro atoms. The van der Waals surface area contributed by atoms with Crippen molar-refractivity contribution < 1.29 is 19.7 Å². The number of anilines is 1. The molecule has 0 bridgehead atoms. The van der Waals surface area contributed by atoms with Crippen LogP contribution in [0.15, 0.2) is 52.2 Å². The highest BCUT2D eigenvalue weighted by molar-refractivity contribution is 6.02. The summed E-state index contributed by atoms with van der Waals surface area (Å²) < 4.78 is 5.23. The van der Waals surface area contributed by atoms with E-state index in [0.29, 0.717) is 37.5 Å². The van der Waals surface area contributed by atoms with Crippen molar-refractivity contribution in [3.63, 3.8) is 0 Å². The number of hydrogen-bond acceptors (Lipinski definition) is 9. The van der Waals surface area contributed by atoms with Crippen molar-refractivity contribution in [1.82, 2.24) is 9.99 Å². The molecule has 5 atom stereocenters. The summed E-state index contributed by atoms with van der Waals surface area (Å²) >= 11 is 0. The highest BCUT2D eigenvalue weighted by Gasteiger charge is 2.53. The summed E-state index contributed by atoms with van der Waals surface area (Å²) in [6, 6.07) is 9.72. The van der Waals surface area contributed by atoms with Gasteiger partial charge < -0.3 is 20.7 Å². The number of aliphatic hydroxyl groups is 2. The number of aliphatic hydroxyl groups excluding tert-OH is 2. The minimum absolute atomic E-state index is 0.0640. The number of fused-ring (bicyclic) bond motifs is 2. The normalized spacial score (nSPS) is 27.8. The summed E-state index contributed by atoms with van der Waals surface area (Å²) in [5, 5.41) is 32.1. The topological polar surface area (TPSA) is 146 Å². The van der Waals surface area contributed by atoms with Crippen molar-refractivity contribution in [2.24, 2.45) is 27.2 Å². The lowest BCUT2D eigenvalue weighted by Crippen LogP contribution is -2.42. The van der Waals surface area contributed by atoms with Crippen LogP contribution in [-0.4, -0.2) is 63.3 Å². The minimum Gasteiger partial charge on any atom is -0.449 e. The van der Waals surface area contributed by atoms with Crippen LogP contribution in [0.5, 0.6) is 0 Å². The average molecular weight is 535 g/mol. The zero-order valence-electron chi connectivity index (χ0n) is 22.6. The summed E-state index contributed by atoms with van der Waals surface area (Å²) in [7, 11) is 0. The Kier molecular flexibility index (Phi) is 7.86. The van der Waals surface area contributed by atoms with Crippen molar-refractivity contribution >= 4 is 35.0 Å². The number of ether oxygens (including phenoxy) is 1. The number of aryl methyl sites for hydroxylation is 1. The van der Waals surface area contributed by atoms with Gasteiger partial charge in [0, 0.05) is 11.3 Å². The number of amides is 1. The molecule has 1 aromatic heterocycles. The van der Waals surface area contributed by atoms with Crippen LogP contribution in [0.3, 0.4) is 0 Å². The monoisotopic (exact) mass is 534 g/mol. The van der Waals surface area contributed by atoms with Gasteiger partial charge in [-0.25, -0.2) is 14.8 Å². The summed E-state index contributed by atoms with van der Waals surface area (Å²) in [4.78, 5) is 20.8. The molecule has 3 heterocycles. The summed E-state index contributed by atoms with van der Waals surface area (Å²) in [5.74, 6) is 0.728. The molecule has 2 aliphatic heterocycles. The van der Waals surface area contributed by atoms with Gasteiger partial charge in [0.05, 0.1) is 36.1 Å². The third-order valence-corrected chi connectivity index (χ3v) is 8.37. The van der Waals surface area contributed by atoms with Gasteiger partial charge in [-0.15, -0.1) is 0 Å². The maximum Gasteiger partial charge on any atom is 0.412 e. The van der Waals surface area contributed by atoms with Crippen LogP contribution in [0, 0.1) is 11.3 Å². The molecule has 10 heteroatoms. The highest BCUT2D eigenvalue weighted by Crippen LogP contribution is 2.49. The van der Waals surface area contributed by atoms with Crippen LogP contribution in [0.25, 0.3) is 10.9 Å². The molecule has 1 amide bonds. The molecule has 1 aromatic carbocycles. The van der Waals surface area contributed by atoms with Crippen LogP contribution in [0.2, 0.25) is 0 Å². The molecule has 10 nitrogen and oxygen atoms in total. The Hall–Kier alpha value is -3.50. The van der Waals surface area contributed by atoms with E-state index in [2.05, 4.69) is 33.4 Å². The van der Waals surface area contributed by atoms with Crippen LogP contribution < -0.4 is 11.1 Å². The number of unbranched alkanes of at least 4 members (excludes halogenated alkanes) is 2. The van der Waals surface area contributed by atoms with E-state index in [4.69, 9.17) is 10.5 Å². The first-order valence-corrected chi connectivity index (χ1v) is 13.8. The van der Waals surface area contributed by atoms with Gasteiger partial charge in [-0.05, 0) is 61.3 Å². The van der Waals surface area contributed by atoms with Crippen molar-refractivity contribution in [3.05, 3.63) is 47.7 Å². The van der Waals surface area contributed by atoms with E-state index in [0.717, 1.165) is 47.8 Å². The van der Waals surface area contributed by atoms with E-state index < -0.39 is 23.7 Å². The summed E-state index contributed by atoms with van der Waals surface area (Å²) in [5.41, 5.74) is 8.19. The van der Waals surface area contributed by atoms with E-state index in [-0.39, 0.29) is 12.0 Å². The molecule has 39 heavy (non-hydrogen) atoms. The van der Waals surface area contributed by atoms with E-state index in [9.17, 15) is 15.0 Å². The van der Waals surface area contributed by atoms with Crippen LogP contribution in [0.4, 0.5) is 10.6 Å². The molecule has 1 unspecified atom stereocenters. The van der Waals surface area contributed by atoms with E-state index in [1.54, 1.807) is 6.07 Å². The van der Waals surface area contributed by atoms with Crippen molar-refractivity contribution in [2.45, 2.75) is 77.0 Å². The molecule has 0 saturated heterocycles. The predicted molar refractivity (Wildman–Crippen MR) is 151 cm³/mol. The number of aliphatic imine (C=N–C) groups is 1. The first kappa shape index (κ1) is 27.1. The lowest BCUT2D eigenvalue weighted by molar-refractivity contribution is -0.0326. The van der Waals surface area contributed by atoms with Crippen molar-refractivity contribution in [3.8, 4) is 0 Å². The maximum atomic E-state index is 12.1. The smallest absolute Gasteiger partial charge is 0.412 e. The number of carbonyl (C=O) groups is 1. The quantitative estimate of drug-likeness (QED) is 0.357. The van der Waals surface area contributed by atoms with Gasteiger partial charge in [-0.2, -0.15) is 5.10 Å². The largest absolute Gasteiger partial charge is 0.449 e. The first-order chi connectivity index (χ1) is 18.8. The lowest BCUT2D eigenvalue weighted by Gasteiger charge is -2.32. The highest BCUT2D eigenvalue weighted by atomic mass is 16.5. The van der Waals surface area contributed by atoms with Crippen LogP contribution >= 0.6 is 0 Å². The Morgan fingerprint density at radius 3 is 2.90 bits per heavy atom. The molecule has 2 aromatic rings. The van der Waals surface area contributed by atoms with Gasteiger partial charge in [0.1, 0.15) is 12.2 Å². The third-order valence-electron chi connectivity index (χ3n) is 8.37. The minimum atomic E-state index is -0.850. The number of hydrazone groups is 1. The summed E-state index contributed by atoms with van der Waals surface area (Å²) in [6.45, 7) is 4.54. The zero-order chi connectivity index (χ0) is 27.6. The second-order valence-electron chi connectivity index (χ2n) is 11.1. The standard InChI is InChI=1S/C29H38N6O4/c1-3-4-5-14-39-28(38)34-24-11-8-19-7-6-18(15-21(19)33-24)12-13-29(2)16-20(25(36)26(29)37)22-9-10-23-27(30)31-17-32-35(22)23/h6-8,10-11,15,17,20,22,25-26,36-37H,3-5,9,12-14,16H2,1-2H3,(H2,30,31,32)(H,33,34,38)/t20-,22?,25-,26-,29-/m0/s1.